The minimum absolute atomic E-state index is 0.0719. The molecule has 4 aromatic carbocycles. The van der Waals surface area contributed by atoms with Crippen molar-refractivity contribution in [3.05, 3.63) is 149 Å². The third kappa shape index (κ3) is 4.71. The van der Waals surface area contributed by atoms with Crippen molar-refractivity contribution in [2.75, 3.05) is 7.05 Å². The van der Waals surface area contributed by atoms with Crippen molar-refractivity contribution in [2.45, 2.75) is 30.8 Å². The highest BCUT2D eigenvalue weighted by molar-refractivity contribution is 6.31. The van der Waals surface area contributed by atoms with E-state index in [2.05, 4.69) is 0 Å². The Morgan fingerprint density at radius 3 is 2.18 bits per heavy atom. The topological polar surface area (TPSA) is 101 Å². The summed E-state index contributed by atoms with van der Waals surface area (Å²) in [6, 6.07) is 33.3. The molecule has 0 unspecified atom stereocenters. The first kappa shape index (κ1) is 30.8. The van der Waals surface area contributed by atoms with Gasteiger partial charge in [0.2, 0.25) is 11.8 Å². The number of benzene rings is 4. The van der Waals surface area contributed by atoms with Gasteiger partial charge in [-0.3, -0.25) is 24.1 Å². The number of fused-ring (bicyclic) bond motifs is 4. The van der Waals surface area contributed by atoms with Crippen molar-refractivity contribution in [1.82, 2.24) is 4.90 Å². The van der Waals surface area contributed by atoms with E-state index in [1.54, 1.807) is 18.2 Å². The summed E-state index contributed by atoms with van der Waals surface area (Å²) in [5.41, 5.74) is 2.50. The lowest BCUT2D eigenvalue weighted by molar-refractivity contribution is -0.139. The molecule has 1 aliphatic heterocycles. The summed E-state index contributed by atoms with van der Waals surface area (Å²) in [7, 11) is 1.52. The van der Waals surface area contributed by atoms with E-state index in [1.807, 2.05) is 97.1 Å². The quantitative estimate of drug-likeness (QED) is 0.191. The fourth-order valence-electron chi connectivity index (χ4n) is 8.97. The average Bonchev–Trinajstić information content (AvgIpc) is 3.36. The molecule has 1 heterocycles. The van der Waals surface area contributed by atoms with Crippen molar-refractivity contribution in [3.63, 3.8) is 0 Å². The molecular formula is C42H35NO6. The highest BCUT2D eigenvalue weighted by atomic mass is 16.5. The summed E-state index contributed by atoms with van der Waals surface area (Å²) < 4.78 is 6.04. The van der Waals surface area contributed by atoms with Gasteiger partial charge >= 0.3 is 0 Å². The molecule has 2 amide bonds. The number of hydrogen-bond donors (Lipinski definition) is 1. The highest BCUT2D eigenvalue weighted by Gasteiger charge is 2.66. The van der Waals surface area contributed by atoms with E-state index in [0.717, 1.165) is 11.1 Å². The zero-order chi connectivity index (χ0) is 33.9. The van der Waals surface area contributed by atoms with E-state index in [-0.39, 0.29) is 35.6 Å². The van der Waals surface area contributed by atoms with Crippen LogP contribution >= 0.6 is 0 Å². The monoisotopic (exact) mass is 649 g/mol. The molecule has 6 atom stereocenters. The number of ketones is 2. The van der Waals surface area contributed by atoms with Gasteiger partial charge in [-0.25, -0.2) is 0 Å². The number of phenolic OH excluding ortho intramolecular Hbond substituents is 1. The fourth-order valence-corrected chi connectivity index (χ4v) is 8.97. The van der Waals surface area contributed by atoms with Gasteiger partial charge in [-0.2, -0.15) is 0 Å². The van der Waals surface area contributed by atoms with Gasteiger partial charge in [0.05, 0.1) is 17.3 Å². The van der Waals surface area contributed by atoms with E-state index in [4.69, 9.17) is 4.74 Å². The molecule has 49 heavy (non-hydrogen) atoms. The number of carbonyl (C=O) groups is 4. The highest BCUT2D eigenvalue weighted by Crippen LogP contribution is 2.64. The molecule has 0 bridgehead atoms. The number of Topliss-reactive ketones (excluding diaryl/α,β-unsaturated/α-hetero) is 1. The van der Waals surface area contributed by atoms with E-state index in [9.17, 15) is 19.5 Å². The first-order valence-corrected chi connectivity index (χ1v) is 16.7. The average molecular weight is 650 g/mol. The molecule has 1 N–H and O–H groups in total. The Morgan fingerprint density at radius 2 is 1.49 bits per heavy atom. The number of amides is 2. The van der Waals surface area contributed by atoms with Gasteiger partial charge in [-0.15, -0.1) is 0 Å². The minimum Gasteiger partial charge on any atom is -0.508 e. The predicted molar refractivity (Wildman–Crippen MR) is 183 cm³/mol. The molecule has 0 spiro atoms. The molecular weight excluding hydrogens is 614 g/mol. The summed E-state index contributed by atoms with van der Waals surface area (Å²) in [5, 5.41) is 11.8. The Kier molecular flexibility index (Phi) is 7.43. The number of hydrogen-bond acceptors (Lipinski definition) is 6. The Morgan fingerprint density at radius 1 is 0.816 bits per heavy atom. The number of likely N-dealkylation sites (tertiary alicyclic amines) is 1. The SMILES string of the molecule is CN1C(=O)[C@H]2[C@H](CC=C3[C@H]2C[C@H]2C(=O)C(c4ccccc4)=CC(=O)[C@@]2(c2ccccc2)[C@H]3c2ccc(OCc3ccccc3)cc2O)C1=O. The van der Waals surface area contributed by atoms with Gasteiger partial charge in [0.1, 0.15) is 18.1 Å². The van der Waals surface area contributed by atoms with Gasteiger partial charge in [0.15, 0.2) is 11.6 Å². The zero-order valence-corrected chi connectivity index (χ0v) is 27.0. The van der Waals surface area contributed by atoms with Crippen LogP contribution in [0, 0.1) is 23.7 Å². The number of rotatable bonds is 6. The zero-order valence-electron chi connectivity index (χ0n) is 27.0. The van der Waals surface area contributed by atoms with Gasteiger partial charge in [-0.05, 0) is 47.6 Å². The number of phenols is 1. The molecule has 244 valence electrons. The molecule has 7 nitrogen and oxygen atoms in total. The summed E-state index contributed by atoms with van der Waals surface area (Å²) in [4.78, 5) is 58.2. The molecule has 8 rings (SSSR count). The van der Waals surface area contributed by atoms with Crippen LogP contribution in [0.5, 0.6) is 11.5 Å². The number of aromatic hydroxyl groups is 1. The van der Waals surface area contributed by atoms with Gasteiger partial charge in [-0.1, -0.05) is 109 Å². The Bertz CT molecular complexity index is 2050. The largest absolute Gasteiger partial charge is 0.508 e. The van der Waals surface area contributed by atoms with Crippen molar-refractivity contribution in [2.24, 2.45) is 23.7 Å². The van der Waals surface area contributed by atoms with Crippen LogP contribution in [0.4, 0.5) is 0 Å². The van der Waals surface area contributed by atoms with Crippen LogP contribution in [0.3, 0.4) is 0 Å². The lowest BCUT2D eigenvalue weighted by Crippen LogP contribution is -2.58. The van der Waals surface area contributed by atoms with Crippen LogP contribution in [0.25, 0.3) is 5.57 Å². The Labute approximate surface area is 284 Å². The van der Waals surface area contributed by atoms with Gasteiger partial charge in [0.25, 0.3) is 0 Å². The second kappa shape index (κ2) is 11.8. The van der Waals surface area contributed by atoms with Gasteiger partial charge < -0.3 is 9.84 Å². The number of nitrogens with zero attached hydrogens (tertiary/aromatic N) is 1. The fraction of sp³-hybridized carbons (Fsp3) is 0.238. The van der Waals surface area contributed by atoms with Crippen LogP contribution in [0.15, 0.2) is 127 Å². The third-order valence-corrected chi connectivity index (χ3v) is 11.2. The summed E-state index contributed by atoms with van der Waals surface area (Å²) >= 11 is 0. The molecule has 7 heteroatoms. The standard InChI is InChI=1S/C42H35NO6/c1-43-40(47)31-20-19-29-33(37(31)41(43)48)22-34-39(46)32(26-13-7-3-8-14-26)23-36(45)42(34,27-15-9-4-10-16-27)38(29)30-18-17-28(21-35(30)44)49-24-25-11-5-2-6-12-25/h2-19,21,23,31,33-34,37-38,44H,20,22,24H2,1H3/t31-,33+,34-,37-,38+,42-/m0/s1. The van der Waals surface area contributed by atoms with Crippen LogP contribution in [-0.2, 0) is 31.2 Å². The smallest absolute Gasteiger partial charge is 0.233 e. The van der Waals surface area contributed by atoms with Crippen molar-refractivity contribution < 1.29 is 29.0 Å². The van der Waals surface area contributed by atoms with E-state index < -0.39 is 35.0 Å². The van der Waals surface area contributed by atoms with Crippen molar-refractivity contribution >= 4 is 29.0 Å². The van der Waals surface area contributed by atoms with Crippen LogP contribution < -0.4 is 4.74 Å². The van der Waals surface area contributed by atoms with Crippen LogP contribution in [0.2, 0.25) is 0 Å². The van der Waals surface area contributed by atoms with E-state index >= 15 is 4.79 Å². The van der Waals surface area contributed by atoms with E-state index in [1.165, 1.54) is 18.0 Å². The van der Waals surface area contributed by atoms with Crippen molar-refractivity contribution in [3.8, 4) is 11.5 Å². The molecule has 4 aliphatic rings. The van der Waals surface area contributed by atoms with Gasteiger partial charge in [0, 0.05) is 36.1 Å². The number of carbonyl (C=O) groups excluding carboxylic acids is 4. The summed E-state index contributed by atoms with van der Waals surface area (Å²) in [6.45, 7) is 0.305. The lowest BCUT2D eigenvalue weighted by Gasteiger charge is -2.55. The molecule has 2 fully saturated rings. The maximum Gasteiger partial charge on any atom is 0.233 e. The third-order valence-electron chi connectivity index (χ3n) is 11.2. The Hall–Kier alpha value is -5.56. The number of ether oxygens (including phenoxy) is 1. The van der Waals surface area contributed by atoms with Crippen LogP contribution in [0.1, 0.15) is 41.0 Å². The first-order chi connectivity index (χ1) is 23.8. The normalized spacial score (nSPS) is 27.5. The first-order valence-electron chi connectivity index (χ1n) is 16.7. The maximum absolute atomic E-state index is 15.1. The summed E-state index contributed by atoms with van der Waals surface area (Å²) in [6.07, 6.45) is 4.03. The van der Waals surface area contributed by atoms with E-state index in [0.29, 0.717) is 41.0 Å². The molecule has 4 aromatic rings. The second-order valence-electron chi connectivity index (χ2n) is 13.5. The molecule has 1 saturated carbocycles. The Balaban J connectivity index is 1.33. The second-order valence-corrected chi connectivity index (χ2v) is 13.5. The lowest BCUT2D eigenvalue weighted by atomic mass is 9.44. The van der Waals surface area contributed by atoms with Crippen molar-refractivity contribution in [1.29, 1.82) is 0 Å². The minimum atomic E-state index is -1.41. The molecule has 1 saturated heterocycles. The number of allylic oxidation sites excluding steroid dienone is 4. The predicted octanol–water partition coefficient (Wildman–Crippen LogP) is 6.43. The molecule has 3 aliphatic carbocycles. The molecule has 0 radical (unpaired) electrons. The summed E-state index contributed by atoms with van der Waals surface area (Å²) in [5.74, 6) is -3.84. The van der Waals surface area contributed by atoms with Crippen LogP contribution in [-0.4, -0.2) is 40.4 Å². The number of imide groups is 1. The molecule has 0 aromatic heterocycles. The maximum atomic E-state index is 15.1.